The van der Waals surface area contributed by atoms with Crippen LogP contribution in [-0.4, -0.2) is 10.9 Å². The first-order valence-electron chi connectivity index (χ1n) is 14.4. The van der Waals surface area contributed by atoms with E-state index >= 15 is 0 Å². The Hall–Kier alpha value is -4.44. The number of ketones is 1. The SMILES string of the molecule is Cc1ccccc1C1=CC(=CC2=C(O)C(=Cc3cc(-c4ccccc4C)[o+]c(C(C)(C)C)c3)C2=O)C=C(C(C)(C)C)O1. The summed E-state index contributed by atoms with van der Waals surface area (Å²) in [5.41, 5.74) is 5.87. The molecule has 1 aliphatic heterocycles. The lowest BCUT2D eigenvalue weighted by Crippen LogP contribution is -2.21. The van der Waals surface area contributed by atoms with Crippen LogP contribution in [0.1, 0.15) is 69.6 Å². The molecule has 214 valence electrons. The standard InChI is InChI=1S/C38H38O4/c1-23-13-9-11-15-27(23)31-19-25(21-33(41-31)37(3,4)5)17-29-35(39)30(36(29)40)18-26-20-32(28-16-12-10-14-24(28)2)42-34(22-26)38(6,7)8/h9-22H,1-8H3/p+1. The van der Waals surface area contributed by atoms with E-state index < -0.39 is 0 Å². The smallest absolute Gasteiger partial charge is 0.361 e. The predicted molar refractivity (Wildman–Crippen MR) is 170 cm³/mol. The summed E-state index contributed by atoms with van der Waals surface area (Å²) in [6.07, 6.45) is 7.37. The molecule has 5 rings (SSSR count). The third-order valence-corrected chi connectivity index (χ3v) is 7.55. The average Bonchev–Trinajstić information content (AvgIpc) is 2.93. The Balaban J connectivity index is 1.56. The normalized spacial score (nSPS) is 17.7. The number of aryl methyl sites for hydroxylation is 2. The molecule has 2 heterocycles. The number of ether oxygens (including phenoxy) is 1. The fourth-order valence-corrected chi connectivity index (χ4v) is 4.96. The van der Waals surface area contributed by atoms with Gasteiger partial charge >= 0.3 is 11.5 Å². The molecule has 1 aliphatic carbocycles. The molecule has 0 atom stereocenters. The van der Waals surface area contributed by atoms with Crippen molar-refractivity contribution in [2.75, 3.05) is 0 Å². The van der Waals surface area contributed by atoms with E-state index in [9.17, 15) is 9.90 Å². The Kier molecular flexibility index (Phi) is 7.44. The Labute approximate surface area is 249 Å². The molecule has 0 unspecified atom stereocenters. The maximum atomic E-state index is 13.4. The van der Waals surface area contributed by atoms with Crippen molar-refractivity contribution in [3.8, 4) is 11.3 Å². The zero-order valence-electron chi connectivity index (χ0n) is 25.8. The van der Waals surface area contributed by atoms with Crippen molar-refractivity contribution in [1.29, 1.82) is 0 Å². The van der Waals surface area contributed by atoms with Crippen LogP contribution in [0.25, 0.3) is 23.2 Å². The number of benzene rings is 2. The van der Waals surface area contributed by atoms with Crippen LogP contribution >= 0.6 is 0 Å². The van der Waals surface area contributed by atoms with Crippen molar-refractivity contribution < 1.29 is 19.1 Å². The molecule has 0 saturated heterocycles. The van der Waals surface area contributed by atoms with Crippen LogP contribution in [0.2, 0.25) is 0 Å². The highest BCUT2D eigenvalue weighted by Gasteiger charge is 2.35. The Morgan fingerprint density at radius 2 is 1.40 bits per heavy atom. The number of aliphatic hydroxyl groups is 1. The predicted octanol–water partition coefficient (Wildman–Crippen LogP) is 9.85. The molecular formula is C38H39O4+. The van der Waals surface area contributed by atoms with E-state index in [0.29, 0.717) is 11.1 Å². The summed E-state index contributed by atoms with van der Waals surface area (Å²) in [6, 6.07) is 20.0. The van der Waals surface area contributed by atoms with Crippen LogP contribution in [0.15, 0.2) is 112 Å². The topological polar surface area (TPSA) is 57.8 Å². The highest BCUT2D eigenvalue weighted by molar-refractivity contribution is 6.23. The number of allylic oxidation sites excluding steroid dienone is 7. The first-order chi connectivity index (χ1) is 19.7. The van der Waals surface area contributed by atoms with E-state index in [2.05, 4.69) is 41.5 Å². The molecule has 0 radical (unpaired) electrons. The minimum atomic E-state index is -0.246. The van der Waals surface area contributed by atoms with Gasteiger partial charge in [0.25, 0.3) is 0 Å². The summed E-state index contributed by atoms with van der Waals surface area (Å²) >= 11 is 0. The van der Waals surface area contributed by atoms with Crippen LogP contribution in [0.4, 0.5) is 0 Å². The second-order valence-corrected chi connectivity index (χ2v) is 13.2. The largest absolute Gasteiger partial charge is 0.506 e. The quantitative estimate of drug-likeness (QED) is 0.255. The monoisotopic (exact) mass is 559 g/mol. The lowest BCUT2D eigenvalue weighted by atomic mass is 9.84. The molecule has 2 aromatic carbocycles. The van der Waals surface area contributed by atoms with Crippen molar-refractivity contribution in [2.24, 2.45) is 5.41 Å². The maximum Gasteiger partial charge on any atom is 0.361 e. The van der Waals surface area contributed by atoms with Gasteiger partial charge < -0.3 is 9.84 Å². The van der Waals surface area contributed by atoms with Crippen molar-refractivity contribution in [2.45, 2.75) is 60.8 Å². The molecule has 1 N–H and O–H groups in total. The molecule has 0 amide bonds. The van der Waals surface area contributed by atoms with Gasteiger partial charge in [0.15, 0.2) is 0 Å². The highest BCUT2D eigenvalue weighted by atomic mass is 16.5. The van der Waals surface area contributed by atoms with E-state index in [-0.39, 0.29) is 22.4 Å². The number of carbonyl (C=O) groups excluding carboxylic acids is 1. The van der Waals surface area contributed by atoms with E-state index in [1.54, 1.807) is 12.2 Å². The fourth-order valence-electron chi connectivity index (χ4n) is 4.96. The number of aliphatic hydroxyl groups excluding tert-OH is 1. The van der Waals surface area contributed by atoms with Gasteiger partial charge in [-0.25, -0.2) is 4.42 Å². The molecule has 3 aromatic rings. The molecule has 4 nitrogen and oxygen atoms in total. The molecule has 0 bridgehead atoms. The van der Waals surface area contributed by atoms with Crippen LogP contribution in [0.5, 0.6) is 0 Å². The van der Waals surface area contributed by atoms with Gasteiger partial charge in [-0.1, -0.05) is 63.2 Å². The molecule has 1 aromatic heterocycles. The molecule has 2 aliphatic rings. The lowest BCUT2D eigenvalue weighted by Gasteiger charge is -2.28. The van der Waals surface area contributed by atoms with Gasteiger partial charge in [-0.3, -0.25) is 4.79 Å². The Bertz CT molecular complexity index is 1740. The number of carbonyl (C=O) groups is 1. The van der Waals surface area contributed by atoms with Gasteiger partial charge in [0.05, 0.1) is 28.2 Å². The molecule has 0 spiro atoms. The Morgan fingerprint density at radius 1 is 0.786 bits per heavy atom. The van der Waals surface area contributed by atoms with Crippen LogP contribution in [0.3, 0.4) is 0 Å². The second kappa shape index (κ2) is 10.8. The van der Waals surface area contributed by atoms with E-state index in [0.717, 1.165) is 56.4 Å². The molecule has 4 heteroatoms. The number of hydrogen-bond donors (Lipinski definition) is 1. The van der Waals surface area contributed by atoms with Gasteiger partial charge in [-0.15, -0.1) is 0 Å². The highest BCUT2D eigenvalue weighted by Crippen LogP contribution is 2.39. The molecule has 42 heavy (non-hydrogen) atoms. The van der Waals surface area contributed by atoms with Crippen molar-refractivity contribution in [1.82, 2.24) is 0 Å². The minimum Gasteiger partial charge on any atom is -0.506 e. The average molecular weight is 560 g/mol. The summed E-state index contributed by atoms with van der Waals surface area (Å²) in [7, 11) is 0. The fraction of sp³-hybridized carbons (Fsp3) is 0.263. The summed E-state index contributed by atoms with van der Waals surface area (Å²) in [6.45, 7) is 16.6. The summed E-state index contributed by atoms with van der Waals surface area (Å²) in [5.74, 6) is 2.83. The van der Waals surface area contributed by atoms with Gasteiger partial charge in [-0.05, 0) is 87.3 Å². The lowest BCUT2D eigenvalue weighted by molar-refractivity contribution is -0.113. The minimum absolute atomic E-state index is 0.00826. The van der Waals surface area contributed by atoms with Crippen molar-refractivity contribution >= 4 is 17.6 Å². The summed E-state index contributed by atoms with van der Waals surface area (Å²) < 4.78 is 12.7. The number of hydrogen-bond acceptors (Lipinski definition) is 3. The van der Waals surface area contributed by atoms with Gasteiger partial charge in [-0.2, -0.15) is 0 Å². The van der Waals surface area contributed by atoms with Gasteiger partial charge in [0, 0.05) is 17.0 Å². The summed E-state index contributed by atoms with van der Waals surface area (Å²) in [5, 5.41) is 11.1. The Morgan fingerprint density at radius 3 is 1.98 bits per heavy atom. The summed E-state index contributed by atoms with van der Waals surface area (Å²) in [4.78, 5) is 13.4. The van der Waals surface area contributed by atoms with Crippen LogP contribution in [0, 0.1) is 19.3 Å². The van der Waals surface area contributed by atoms with Crippen LogP contribution < -0.4 is 0 Å². The van der Waals surface area contributed by atoms with Crippen molar-refractivity contribution in [3.05, 3.63) is 135 Å². The van der Waals surface area contributed by atoms with Crippen LogP contribution in [-0.2, 0) is 14.9 Å². The van der Waals surface area contributed by atoms with E-state index in [1.165, 1.54) is 0 Å². The van der Waals surface area contributed by atoms with Gasteiger partial charge in [0.1, 0.15) is 17.3 Å². The second-order valence-electron chi connectivity index (χ2n) is 13.2. The van der Waals surface area contributed by atoms with Gasteiger partial charge in [0.2, 0.25) is 5.78 Å². The van der Waals surface area contributed by atoms with Crippen molar-refractivity contribution in [3.63, 3.8) is 0 Å². The third-order valence-electron chi connectivity index (χ3n) is 7.55. The molecule has 0 fully saturated rings. The third kappa shape index (κ3) is 5.80. The first-order valence-corrected chi connectivity index (χ1v) is 14.4. The molecule has 0 saturated carbocycles. The van der Waals surface area contributed by atoms with E-state index in [1.807, 2.05) is 86.7 Å². The number of rotatable bonds is 4. The first kappa shape index (κ1) is 29.1. The van der Waals surface area contributed by atoms with E-state index in [4.69, 9.17) is 9.15 Å². The maximum absolute atomic E-state index is 13.4. The zero-order chi connectivity index (χ0) is 30.4. The zero-order valence-corrected chi connectivity index (χ0v) is 25.8. The number of Topliss-reactive ketones (excluding diaryl/α,β-unsaturated/α-hetero) is 1. The molecular weight excluding hydrogens is 520 g/mol.